The average Bonchev–Trinajstić information content (AvgIpc) is 2.73. The fourth-order valence-corrected chi connectivity index (χ4v) is 1.54. The summed E-state index contributed by atoms with van der Waals surface area (Å²) in [5.74, 6) is 1.08. The number of nitrogens with two attached hydrogens (primary N) is 1. The van der Waals surface area contributed by atoms with Gasteiger partial charge in [0, 0.05) is 7.11 Å². The molecule has 0 atom stereocenters. The maximum Gasteiger partial charge on any atom is 0.221 e. The van der Waals surface area contributed by atoms with Gasteiger partial charge >= 0.3 is 0 Å². The number of anilines is 1. The summed E-state index contributed by atoms with van der Waals surface area (Å²) in [6, 6.07) is 7.52. The van der Waals surface area contributed by atoms with Crippen LogP contribution in [0.5, 0.6) is 5.75 Å². The molecule has 0 radical (unpaired) electrons. The van der Waals surface area contributed by atoms with E-state index in [0.717, 1.165) is 17.0 Å². The lowest BCUT2D eigenvalue weighted by Gasteiger charge is -2.04. The maximum absolute atomic E-state index is 5.70. The van der Waals surface area contributed by atoms with Crippen LogP contribution >= 0.6 is 0 Å². The van der Waals surface area contributed by atoms with E-state index in [1.807, 2.05) is 31.2 Å². The van der Waals surface area contributed by atoms with Crippen molar-refractivity contribution in [1.29, 1.82) is 0 Å². The van der Waals surface area contributed by atoms with Crippen molar-refractivity contribution in [2.45, 2.75) is 6.92 Å². The van der Waals surface area contributed by atoms with Crippen molar-refractivity contribution < 1.29 is 9.47 Å². The molecule has 1 aromatic heterocycles. The highest BCUT2D eigenvalue weighted by Crippen LogP contribution is 2.12. The molecular weight excluding hydrogens is 244 g/mol. The van der Waals surface area contributed by atoms with Gasteiger partial charge in [0.05, 0.1) is 18.1 Å². The lowest BCUT2D eigenvalue weighted by Crippen LogP contribution is -1.99. The van der Waals surface area contributed by atoms with Crippen LogP contribution in [-0.2, 0) is 4.74 Å². The van der Waals surface area contributed by atoms with E-state index in [0.29, 0.717) is 5.95 Å². The normalized spacial score (nSPS) is 11.1. The van der Waals surface area contributed by atoms with Gasteiger partial charge in [-0.25, -0.2) is 9.66 Å². The van der Waals surface area contributed by atoms with Gasteiger partial charge in [0.1, 0.15) is 5.75 Å². The molecular formula is C13H16N4O2. The molecule has 19 heavy (non-hydrogen) atoms. The van der Waals surface area contributed by atoms with Crippen molar-refractivity contribution in [2.24, 2.45) is 5.10 Å². The van der Waals surface area contributed by atoms with E-state index in [4.69, 9.17) is 15.2 Å². The second kappa shape index (κ2) is 6.01. The zero-order chi connectivity index (χ0) is 13.7. The Labute approximate surface area is 111 Å². The van der Waals surface area contributed by atoms with Crippen LogP contribution in [0.3, 0.4) is 0 Å². The first-order chi connectivity index (χ1) is 9.19. The minimum absolute atomic E-state index is 0.217. The van der Waals surface area contributed by atoms with Gasteiger partial charge in [0.2, 0.25) is 5.95 Å². The van der Waals surface area contributed by atoms with Crippen molar-refractivity contribution in [3.63, 3.8) is 0 Å². The Balaban J connectivity index is 2.12. The number of aryl methyl sites for hydroxylation is 1. The monoisotopic (exact) mass is 260 g/mol. The molecule has 0 spiro atoms. The standard InChI is InChI=1S/C13H16N4O2/c1-10-8-17(13(14)16-10)15-7-11-4-3-5-12(6-11)19-9-18-2/h3-8H,9H2,1-2H3,(H2,14,16). The summed E-state index contributed by atoms with van der Waals surface area (Å²) in [5, 5.41) is 4.24. The molecule has 2 N–H and O–H groups in total. The third kappa shape index (κ3) is 3.56. The molecule has 0 saturated heterocycles. The minimum atomic E-state index is 0.217. The Kier molecular flexibility index (Phi) is 4.15. The number of hydrogen-bond acceptors (Lipinski definition) is 5. The van der Waals surface area contributed by atoms with E-state index in [-0.39, 0.29) is 6.79 Å². The van der Waals surface area contributed by atoms with Gasteiger partial charge in [-0.2, -0.15) is 5.10 Å². The zero-order valence-electron chi connectivity index (χ0n) is 10.9. The zero-order valence-corrected chi connectivity index (χ0v) is 10.9. The molecule has 0 saturated carbocycles. The van der Waals surface area contributed by atoms with Crippen molar-refractivity contribution in [3.05, 3.63) is 41.7 Å². The van der Waals surface area contributed by atoms with Crippen LogP contribution in [0.15, 0.2) is 35.6 Å². The first-order valence-corrected chi connectivity index (χ1v) is 5.76. The Hall–Kier alpha value is -2.34. The number of hydrogen-bond donors (Lipinski definition) is 1. The van der Waals surface area contributed by atoms with E-state index in [9.17, 15) is 0 Å². The summed E-state index contributed by atoms with van der Waals surface area (Å²) in [7, 11) is 1.58. The first-order valence-electron chi connectivity index (χ1n) is 5.76. The summed E-state index contributed by atoms with van der Waals surface area (Å²) in [5.41, 5.74) is 7.43. The second-order valence-electron chi connectivity index (χ2n) is 3.95. The van der Waals surface area contributed by atoms with Gasteiger partial charge in [-0.3, -0.25) is 0 Å². The van der Waals surface area contributed by atoms with E-state index in [1.54, 1.807) is 19.5 Å². The third-order valence-corrected chi connectivity index (χ3v) is 2.37. The van der Waals surface area contributed by atoms with Crippen LogP contribution < -0.4 is 10.5 Å². The van der Waals surface area contributed by atoms with Crippen LogP contribution in [0.2, 0.25) is 0 Å². The summed E-state index contributed by atoms with van der Waals surface area (Å²) in [4.78, 5) is 4.07. The van der Waals surface area contributed by atoms with Crippen molar-refractivity contribution in [3.8, 4) is 5.75 Å². The molecule has 2 aromatic rings. The Morgan fingerprint density at radius 2 is 2.32 bits per heavy atom. The van der Waals surface area contributed by atoms with Gasteiger partial charge in [-0.1, -0.05) is 12.1 Å². The molecule has 6 heteroatoms. The molecule has 1 aromatic carbocycles. The van der Waals surface area contributed by atoms with Crippen LogP contribution in [0.25, 0.3) is 0 Å². The summed E-state index contributed by atoms with van der Waals surface area (Å²) >= 11 is 0. The average molecular weight is 260 g/mol. The molecule has 0 unspecified atom stereocenters. The van der Waals surface area contributed by atoms with Gasteiger partial charge < -0.3 is 15.2 Å². The highest BCUT2D eigenvalue weighted by Gasteiger charge is 1.99. The van der Waals surface area contributed by atoms with Gasteiger partial charge in [-0.05, 0) is 24.6 Å². The molecule has 0 aliphatic rings. The van der Waals surface area contributed by atoms with E-state index in [2.05, 4.69) is 10.1 Å². The van der Waals surface area contributed by atoms with Crippen LogP contribution in [0.4, 0.5) is 5.95 Å². The van der Waals surface area contributed by atoms with Gasteiger partial charge in [0.15, 0.2) is 6.79 Å². The second-order valence-corrected chi connectivity index (χ2v) is 3.95. The van der Waals surface area contributed by atoms with E-state index in [1.165, 1.54) is 4.68 Å². The number of rotatable bonds is 5. The highest BCUT2D eigenvalue weighted by atomic mass is 16.7. The molecule has 0 amide bonds. The Morgan fingerprint density at radius 3 is 3.00 bits per heavy atom. The first kappa shape index (κ1) is 13.1. The topological polar surface area (TPSA) is 74.7 Å². The van der Waals surface area contributed by atoms with Crippen LogP contribution in [0, 0.1) is 6.92 Å². The quantitative estimate of drug-likeness (QED) is 0.655. The number of aromatic nitrogens is 2. The number of ether oxygens (including phenoxy) is 2. The lowest BCUT2D eigenvalue weighted by atomic mass is 10.2. The number of nitrogen functional groups attached to an aromatic ring is 1. The van der Waals surface area contributed by atoms with E-state index < -0.39 is 0 Å². The number of nitrogens with zero attached hydrogens (tertiary/aromatic N) is 3. The molecule has 100 valence electrons. The van der Waals surface area contributed by atoms with Crippen molar-refractivity contribution >= 4 is 12.2 Å². The Morgan fingerprint density at radius 1 is 1.47 bits per heavy atom. The summed E-state index contributed by atoms with van der Waals surface area (Å²) < 4.78 is 11.7. The SMILES string of the molecule is COCOc1cccc(C=Nn2cc(C)nc2N)c1. The number of methoxy groups -OCH3 is 1. The van der Waals surface area contributed by atoms with Crippen molar-refractivity contribution in [2.75, 3.05) is 19.6 Å². The molecule has 0 aliphatic heterocycles. The van der Waals surface area contributed by atoms with Gasteiger partial charge in [0.25, 0.3) is 0 Å². The molecule has 6 nitrogen and oxygen atoms in total. The van der Waals surface area contributed by atoms with Crippen LogP contribution in [-0.4, -0.2) is 29.8 Å². The summed E-state index contributed by atoms with van der Waals surface area (Å²) in [6.07, 6.45) is 3.45. The smallest absolute Gasteiger partial charge is 0.221 e. The molecule has 0 fully saturated rings. The molecule has 2 rings (SSSR count). The number of imidazole rings is 1. The Bertz CT molecular complexity index is 578. The number of benzene rings is 1. The fraction of sp³-hybridized carbons (Fsp3) is 0.231. The molecule has 0 aliphatic carbocycles. The lowest BCUT2D eigenvalue weighted by molar-refractivity contribution is 0.0511. The third-order valence-electron chi connectivity index (χ3n) is 2.37. The molecule has 0 bridgehead atoms. The fourth-order valence-electron chi connectivity index (χ4n) is 1.54. The van der Waals surface area contributed by atoms with Gasteiger partial charge in [-0.15, -0.1) is 0 Å². The van der Waals surface area contributed by atoms with E-state index >= 15 is 0 Å². The maximum atomic E-state index is 5.70. The molecule has 1 heterocycles. The predicted octanol–water partition coefficient (Wildman–Crippen LogP) is 1.64. The largest absolute Gasteiger partial charge is 0.468 e. The van der Waals surface area contributed by atoms with Crippen molar-refractivity contribution in [1.82, 2.24) is 9.66 Å². The minimum Gasteiger partial charge on any atom is -0.468 e. The predicted molar refractivity (Wildman–Crippen MR) is 73.3 cm³/mol. The van der Waals surface area contributed by atoms with Crippen LogP contribution in [0.1, 0.15) is 11.3 Å². The highest BCUT2D eigenvalue weighted by molar-refractivity contribution is 5.80. The summed E-state index contributed by atoms with van der Waals surface area (Å²) in [6.45, 7) is 2.08.